The summed E-state index contributed by atoms with van der Waals surface area (Å²) in [6.07, 6.45) is -3.83. The molecule has 0 heterocycles. The van der Waals surface area contributed by atoms with E-state index >= 15 is 0 Å². The Kier molecular flexibility index (Phi) is 7.18. The smallest absolute Gasteiger partial charge is 0.416 e. The Hall–Kier alpha value is -3.56. The molecule has 0 aliphatic carbocycles. The normalized spacial score (nSPS) is 11.2. The van der Waals surface area contributed by atoms with Crippen LogP contribution in [0.3, 0.4) is 0 Å². The van der Waals surface area contributed by atoms with E-state index in [1.807, 2.05) is 0 Å². The van der Waals surface area contributed by atoms with Crippen LogP contribution in [0, 0.1) is 0 Å². The number of amides is 2. The van der Waals surface area contributed by atoms with Gasteiger partial charge in [-0.15, -0.1) is 0 Å². The van der Waals surface area contributed by atoms with Gasteiger partial charge in [-0.2, -0.15) is 18.3 Å². The Morgan fingerprint density at radius 3 is 2.48 bits per heavy atom. The molecule has 2 N–H and O–H groups in total. The van der Waals surface area contributed by atoms with Crippen LogP contribution < -0.4 is 20.2 Å². The first-order valence-corrected chi connectivity index (χ1v) is 8.24. The summed E-state index contributed by atoms with van der Waals surface area (Å²) in [7, 11) is 2.97. The topological polar surface area (TPSA) is 89.0 Å². The minimum Gasteiger partial charge on any atom is -0.497 e. The van der Waals surface area contributed by atoms with Crippen molar-refractivity contribution in [2.75, 3.05) is 19.5 Å². The molecule has 0 aromatic heterocycles. The average Bonchev–Trinajstić information content (AvgIpc) is 2.67. The van der Waals surface area contributed by atoms with Crippen LogP contribution in [-0.2, 0) is 15.8 Å². The number of hydrogen-bond donors (Lipinski definition) is 2. The molecule has 2 aromatic rings. The predicted octanol–water partition coefficient (Wildman–Crippen LogP) is 3.20. The number of halogens is 3. The van der Waals surface area contributed by atoms with Crippen molar-refractivity contribution >= 4 is 23.7 Å². The molecule has 0 radical (unpaired) electrons. The number of carbonyl (C=O) groups is 2. The fraction of sp³-hybridized carbons (Fsp3) is 0.211. The van der Waals surface area contributed by atoms with Crippen LogP contribution >= 0.6 is 0 Å². The number of ether oxygens (including phenoxy) is 2. The number of hydrogen-bond acceptors (Lipinski definition) is 5. The van der Waals surface area contributed by atoms with Gasteiger partial charge in [0.1, 0.15) is 17.9 Å². The molecule has 0 aliphatic heterocycles. The van der Waals surface area contributed by atoms with E-state index in [2.05, 4.69) is 15.8 Å². The highest BCUT2D eigenvalue weighted by Crippen LogP contribution is 2.30. The number of alkyl halides is 3. The standard InChI is InChI=1S/C19H18F3N3O4/c1-28-15-7-6-12(16(9-15)29-2)11-23-25-18(27)10-17(26)24-14-5-3-4-13(8-14)19(20,21)22/h3-9,11H,10H2,1-2H3,(H,24,26)(H,25,27)/b23-11-. The summed E-state index contributed by atoms with van der Waals surface area (Å²) >= 11 is 0. The van der Waals surface area contributed by atoms with Crippen molar-refractivity contribution in [2.45, 2.75) is 12.6 Å². The van der Waals surface area contributed by atoms with Gasteiger partial charge in [0, 0.05) is 17.3 Å². The Labute approximate surface area is 164 Å². The Balaban J connectivity index is 1.91. The molecule has 0 spiro atoms. The first kappa shape index (κ1) is 21.7. The van der Waals surface area contributed by atoms with Gasteiger partial charge >= 0.3 is 6.18 Å². The van der Waals surface area contributed by atoms with Crippen LogP contribution in [-0.4, -0.2) is 32.2 Å². The van der Waals surface area contributed by atoms with Crippen LogP contribution in [0.2, 0.25) is 0 Å². The summed E-state index contributed by atoms with van der Waals surface area (Å²) in [4.78, 5) is 23.6. The van der Waals surface area contributed by atoms with Crippen molar-refractivity contribution in [3.05, 3.63) is 53.6 Å². The molecule has 10 heteroatoms. The van der Waals surface area contributed by atoms with E-state index in [1.165, 1.54) is 26.5 Å². The van der Waals surface area contributed by atoms with Crippen LogP contribution in [0.1, 0.15) is 17.5 Å². The summed E-state index contributed by atoms with van der Waals surface area (Å²) in [5.41, 5.74) is 1.75. The molecule has 0 aliphatic rings. The molecule has 154 valence electrons. The summed E-state index contributed by atoms with van der Waals surface area (Å²) < 4.78 is 48.3. The minimum atomic E-state index is -4.53. The zero-order valence-electron chi connectivity index (χ0n) is 15.5. The second-order valence-electron chi connectivity index (χ2n) is 5.70. The number of rotatable bonds is 7. The van der Waals surface area contributed by atoms with Crippen molar-refractivity contribution in [3.63, 3.8) is 0 Å². The van der Waals surface area contributed by atoms with Gasteiger partial charge in [0.25, 0.3) is 0 Å². The third-order valence-corrected chi connectivity index (χ3v) is 3.63. The van der Waals surface area contributed by atoms with E-state index in [-0.39, 0.29) is 5.69 Å². The van der Waals surface area contributed by atoms with Crippen LogP contribution in [0.25, 0.3) is 0 Å². The predicted molar refractivity (Wildman–Crippen MR) is 100.0 cm³/mol. The summed E-state index contributed by atoms with van der Waals surface area (Å²) in [6.45, 7) is 0. The van der Waals surface area contributed by atoms with Crippen molar-refractivity contribution in [2.24, 2.45) is 5.10 Å². The lowest BCUT2D eigenvalue weighted by atomic mass is 10.2. The SMILES string of the molecule is COc1ccc(/C=N\NC(=O)CC(=O)Nc2cccc(C(F)(F)F)c2)c(OC)c1. The molecule has 0 saturated carbocycles. The first-order chi connectivity index (χ1) is 13.7. The molecule has 2 aromatic carbocycles. The highest BCUT2D eigenvalue weighted by atomic mass is 19.4. The highest BCUT2D eigenvalue weighted by Gasteiger charge is 2.30. The molecule has 0 fully saturated rings. The second-order valence-corrected chi connectivity index (χ2v) is 5.70. The van der Waals surface area contributed by atoms with Crippen molar-refractivity contribution < 1.29 is 32.2 Å². The number of hydrazone groups is 1. The fourth-order valence-corrected chi connectivity index (χ4v) is 2.26. The quantitative estimate of drug-likeness (QED) is 0.418. The molecule has 0 unspecified atom stereocenters. The van der Waals surface area contributed by atoms with Crippen molar-refractivity contribution in [1.29, 1.82) is 0 Å². The van der Waals surface area contributed by atoms with Crippen molar-refractivity contribution in [1.82, 2.24) is 5.43 Å². The highest BCUT2D eigenvalue weighted by molar-refractivity contribution is 6.03. The Morgan fingerprint density at radius 2 is 1.83 bits per heavy atom. The molecular formula is C19H18F3N3O4. The van der Waals surface area contributed by atoms with E-state index < -0.39 is 30.0 Å². The average molecular weight is 409 g/mol. The van der Waals surface area contributed by atoms with Crippen molar-refractivity contribution in [3.8, 4) is 11.5 Å². The lowest BCUT2D eigenvalue weighted by Gasteiger charge is -2.09. The fourth-order valence-electron chi connectivity index (χ4n) is 2.26. The number of benzene rings is 2. The van der Waals surface area contributed by atoms with Crippen LogP contribution in [0.5, 0.6) is 11.5 Å². The second kappa shape index (κ2) is 9.58. The molecule has 29 heavy (non-hydrogen) atoms. The van der Waals surface area contributed by atoms with Gasteiger partial charge in [-0.05, 0) is 30.3 Å². The maximum Gasteiger partial charge on any atom is 0.416 e. The molecule has 2 rings (SSSR count). The zero-order valence-corrected chi connectivity index (χ0v) is 15.5. The molecule has 7 nitrogen and oxygen atoms in total. The van der Waals surface area contributed by atoms with Gasteiger partial charge in [-0.25, -0.2) is 5.43 Å². The molecule has 2 amide bonds. The van der Waals surface area contributed by atoms with Crippen LogP contribution in [0.15, 0.2) is 47.6 Å². The van der Waals surface area contributed by atoms with E-state index in [0.29, 0.717) is 17.1 Å². The summed E-state index contributed by atoms with van der Waals surface area (Å²) in [5.74, 6) is -0.476. The number of nitrogens with one attached hydrogen (secondary N) is 2. The van der Waals surface area contributed by atoms with Crippen LogP contribution in [0.4, 0.5) is 18.9 Å². The van der Waals surface area contributed by atoms with Gasteiger partial charge in [-0.3, -0.25) is 9.59 Å². The Morgan fingerprint density at radius 1 is 1.07 bits per heavy atom. The minimum absolute atomic E-state index is 0.0657. The van der Waals surface area contributed by atoms with E-state index in [9.17, 15) is 22.8 Å². The van der Waals surface area contributed by atoms with Gasteiger partial charge < -0.3 is 14.8 Å². The van der Waals surface area contributed by atoms with Gasteiger partial charge in [0.2, 0.25) is 11.8 Å². The van der Waals surface area contributed by atoms with E-state index in [4.69, 9.17) is 9.47 Å². The molecular weight excluding hydrogens is 391 g/mol. The number of anilines is 1. The van der Waals surface area contributed by atoms with E-state index in [1.54, 1.807) is 18.2 Å². The maximum absolute atomic E-state index is 12.7. The maximum atomic E-state index is 12.7. The Bertz CT molecular complexity index is 914. The summed E-state index contributed by atoms with van der Waals surface area (Å²) in [5, 5.41) is 5.98. The lowest BCUT2D eigenvalue weighted by Crippen LogP contribution is -2.24. The van der Waals surface area contributed by atoms with Gasteiger partial charge in [-0.1, -0.05) is 6.07 Å². The zero-order chi connectivity index (χ0) is 21.4. The molecule has 0 atom stereocenters. The third kappa shape index (κ3) is 6.52. The lowest BCUT2D eigenvalue weighted by molar-refractivity contribution is -0.137. The molecule has 0 saturated heterocycles. The van der Waals surface area contributed by atoms with Gasteiger partial charge in [0.15, 0.2) is 0 Å². The monoisotopic (exact) mass is 409 g/mol. The third-order valence-electron chi connectivity index (χ3n) is 3.63. The largest absolute Gasteiger partial charge is 0.497 e. The number of carbonyl (C=O) groups excluding carboxylic acids is 2. The molecule has 0 bridgehead atoms. The summed E-state index contributed by atoms with van der Waals surface area (Å²) in [6, 6.07) is 9.08. The van der Waals surface area contributed by atoms with E-state index in [0.717, 1.165) is 18.2 Å². The first-order valence-electron chi connectivity index (χ1n) is 8.24. The number of methoxy groups -OCH3 is 2. The number of nitrogens with zero attached hydrogens (tertiary/aromatic N) is 1. The van der Waals surface area contributed by atoms with Gasteiger partial charge in [0.05, 0.1) is 26.0 Å².